The lowest BCUT2D eigenvalue weighted by molar-refractivity contribution is -0.0513. The number of nitrogens with zero attached hydrogens (tertiary/aromatic N) is 1. The molecule has 0 spiro atoms. The fourth-order valence-electron chi connectivity index (χ4n) is 2.08. The van der Waals surface area contributed by atoms with Gasteiger partial charge in [0.1, 0.15) is 17.5 Å². The largest absolute Gasteiger partial charge is 0.493 e. The van der Waals surface area contributed by atoms with E-state index in [9.17, 15) is 23.2 Å². The number of halogens is 3. The Hall–Kier alpha value is -3.27. The Morgan fingerprint density at radius 1 is 1.20 bits per heavy atom. The summed E-state index contributed by atoms with van der Waals surface area (Å²) in [6.45, 7) is -3.11. The molecule has 0 aromatic heterocycles. The second-order valence-corrected chi connectivity index (χ2v) is 4.76. The van der Waals surface area contributed by atoms with Gasteiger partial charge < -0.3 is 9.47 Å². The number of hydrogen-bond donors (Lipinski definition) is 0. The first kappa shape index (κ1) is 18.1. The number of carbonyl (C=O) groups excluding carboxylic acids is 1. The number of rotatable bonds is 6. The van der Waals surface area contributed by atoms with E-state index in [1.54, 1.807) is 6.07 Å². The maximum atomic E-state index is 12.9. The summed E-state index contributed by atoms with van der Waals surface area (Å²) in [5.41, 5.74) is -0.154. The normalized spacial score (nSPS) is 11.1. The number of Topliss-reactive ketones (excluding diaryl/α,β-unsaturated/α-hetero) is 1. The molecule has 0 saturated carbocycles. The quantitative estimate of drug-likeness (QED) is 0.446. The minimum atomic E-state index is -3.11. The van der Waals surface area contributed by atoms with Gasteiger partial charge in [0.05, 0.1) is 7.11 Å². The highest BCUT2D eigenvalue weighted by Gasteiger charge is 2.17. The van der Waals surface area contributed by atoms with Gasteiger partial charge in [-0.15, -0.1) is 0 Å². The molecule has 0 N–H and O–H groups in total. The molecule has 0 bridgehead atoms. The van der Waals surface area contributed by atoms with Crippen molar-refractivity contribution in [2.75, 3.05) is 7.11 Å². The molecule has 0 fully saturated rings. The minimum absolute atomic E-state index is 0.0283. The highest BCUT2D eigenvalue weighted by atomic mass is 19.3. The molecule has 0 atom stereocenters. The first-order valence-electron chi connectivity index (χ1n) is 7.00. The summed E-state index contributed by atoms with van der Waals surface area (Å²) >= 11 is 0. The van der Waals surface area contributed by atoms with E-state index in [0.717, 1.165) is 18.2 Å². The molecule has 2 rings (SSSR count). The number of hydrogen-bond acceptors (Lipinski definition) is 4. The zero-order valence-corrected chi connectivity index (χ0v) is 13.0. The molecule has 25 heavy (non-hydrogen) atoms. The van der Waals surface area contributed by atoms with Gasteiger partial charge in [-0.2, -0.15) is 14.0 Å². The summed E-state index contributed by atoms with van der Waals surface area (Å²) in [6, 6.07) is 10.6. The van der Waals surface area contributed by atoms with Crippen molar-refractivity contribution in [1.29, 1.82) is 5.26 Å². The van der Waals surface area contributed by atoms with Gasteiger partial charge in [-0.1, -0.05) is 12.1 Å². The van der Waals surface area contributed by atoms with Gasteiger partial charge in [0, 0.05) is 11.1 Å². The number of nitriles is 1. The Bertz CT molecular complexity index is 840. The molecule has 0 aliphatic heterocycles. The Balaban J connectivity index is 2.47. The zero-order chi connectivity index (χ0) is 18.4. The van der Waals surface area contributed by atoms with Crippen molar-refractivity contribution < 1.29 is 27.4 Å². The van der Waals surface area contributed by atoms with Crippen LogP contribution in [-0.2, 0) is 0 Å². The summed E-state index contributed by atoms with van der Waals surface area (Å²) in [6.07, 6.45) is 1.12. The predicted octanol–water partition coefficient (Wildman–Crippen LogP) is 4.23. The van der Waals surface area contributed by atoms with Gasteiger partial charge in [0.2, 0.25) is 5.78 Å². The molecule has 0 heterocycles. The van der Waals surface area contributed by atoms with Crippen LogP contribution in [0.1, 0.15) is 15.9 Å². The summed E-state index contributed by atoms with van der Waals surface area (Å²) in [4.78, 5) is 12.3. The number of ether oxygens (including phenoxy) is 2. The van der Waals surface area contributed by atoms with Crippen LogP contribution in [0.5, 0.6) is 11.5 Å². The number of benzene rings is 2. The van der Waals surface area contributed by atoms with Crippen molar-refractivity contribution in [3.05, 3.63) is 65.0 Å². The molecular weight excluding hydrogens is 335 g/mol. The number of methoxy groups -OCH3 is 1. The van der Waals surface area contributed by atoms with Crippen LogP contribution in [0.3, 0.4) is 0 Å². The van der Waals surface area contributed by atoms with E-state index < -0.39 is 18.2 Å². The van der Waals surface area contributed by atoms with Crippen LogP contribution in [0.15, 0.2) is 48.0 Å². The average Bonchev–Trinajstić information content (AvgIpc) is 2.60. The maximum Gasteiger partial charge on any atom is 0.387 e. The molecular formula is C18H12F3NO3. The third-order valence-electron chi connectivity index (χ3n) is 3.21. The van der Waals surface area contributed by atoms with Crippen molar-refractivity contribution >= 4 is 11.9 Å². The van der Waals surface area contributed by atoms with Gasteiger partial charge >= 0.3 is 6.61 Å². The molecule has 0 aliphatic carbocycles. The van der Waals surface area contributed by atoms with Gasteiger partial charge in [-0.05, 0) is 36.4 Å². The highest BCUT2D eigenvalue weighted by Crippen LogP contribution is 2.34. The van der Waals surface area contributed by atoms with Crippen LogP contribution in [0.4, 0.5) is 13.2 Å². The SMILES string of the molecule is COc1cccc(/C=C(\C#N)C(=O)c2ccc(F)cc2)c1OC(F)F. The molecule has 4 nitrogen and oxygen atoms in total. The van der Waals surface area contributed by atoms with Gasteiger partial charge in [-0.3, -0.25) is 4.79 Å². The summed E-state index contributed by atoms with van der Waals surface area (Å²) in [7, 11) is 1.27. The predicted molar refractivity (Wildman–Crippen MR) is 83.9 cm³/mol. The molecule has 2 aromatic rings. The third kappa shape index (κ3) is 4.38. The number of para-hydroxylation sites is 1. The van der Waals surface area contributed by atoms with E-state index in [1.165, 1.54) is 37.4 Å². The van der Waals surface area contributed by atoms with Gasteiger partial charge in [0.15, 0.2) is 11.5 Å². The standard InChI is InChI=1S/C18H12F3NO3/c1-24-15-4-2-3-12(17(15)25-18(20)21)9-13(10-22)16(23)11-5-7-14(19)8-6-11/h2-9,18H,1H3/b13-9+. The molecule has 0 amide bonds. The molecule has 7 heteroatoms. The van der Waals surface area contributed by atoms with Crippen molar-refractivity contribution in [2.45, 2.75) is 6.61 Å². The molecule has 0 aliphatic rings. The fourth-order valence-corrected chi connectivity index (χ4v) is 2.08. The smallest absolute Gasteiger partial charge is 0.387 e. The Labute approximate surface area is 141 Å². The summed E-state index contributed by atoms with van der Waals surface area (Å²) in [5.74, 6) is -1.46. The maximum absolute atomic E-state index is 12.9. The lowest BCUT2D eigenvalue weighted by Crippen LogP contribution is -2.06. The molecule has 0 saturated heterocycles. The van der Waals surface area contributed by atoms with E-state index >= 15 is 0 Å². The zero-order valence-electron chi connectivity index (χ0n) is 13.0. The second kappa shape index (κ2) is 8.02. The van der Waals surface area contributed by atoms with Crippen LogP contribution in [0.25, 0.3) is 6.08 Å². The number of carbonyl (C=O) groups is 1. The van der Waals surface area contributed by atoms with Crippen LogP contribution in [-0.4, -0.2) is 19.5 Å². The van der Waals surface area contributed by atoms with Crippen molar-refractivity contribution in [1.82, 2.24) is 0 Å². The van der Waals surface area contributed by atoms with E-state index in [-0.39, 0.29) is 28.2 Å². The number of alkyl halides is 2. The van der Waals surface area contributed by atoms with E-state index in [0.29, 0.717) is 0 Å². The van der Waals surface area contributed by atoms with Crippen LogP contribution in [0, 0.1) is 17.1 Å². The van der Waals surface area contributed by atoms with E-state index in [4.69, 9.17) is 4.74 Å². The Morgan fingerprint density at radius 2 is 1.88 bits per heavy atom. The highest BCUT2D eigenvalue weighted by molar-refractivity contribution is 6.14. The average molecular weight is 347 g/mol. The lowest BCUT2D eigenvalue weighted by Gasteiger charge is -2.12. The molecule has 0 unspecified atom stereocenters. The second-order valence-electron chi connectivity index (χ2n) is 4.76. The fraction of sp³-hybridized carbons (Fsp3) is 0.111. The van der Waals surface area contributed by atoms with E-state index in [2.05, 4.69) is 4.74 Å². The van der Waals surface area contributed by atoms with Crippen LogP contribution >= 0.6 is 0 Å². The first-order valence-corrected chi connectivity index (χ1v) is 7.00. The topological polar surface area (TPSA) is 59.3 Å². The number of allylic oxidation sites excluding steroid dienone is 1. The van der Waals surface area contributed by atoms with Crippen molar-refractivity contribution in [3.63, 3.8) is 0 Å². The monoisotopic (exact) mass is 347 g/mol. The van der Waals surface area contributed by atoms with Crippen LogP contribution in [0.2, 0.25) is 0 Å². The Morgan fingerprint density at radius 3 is 2.44 bits per heavy atom. The summed E-state index contributed by atoms with van der Waals surface area (Å²) < 4.78 is 47.6. The summed E-state index contributed by atoms with van der Waals surface area (Å²) in [5, 5.41) is 9.24. The number of ketones is 1. The van der Waals surface area contributed by atoms with Crippen molar-refractivity contribution in [2.24, 2.45) is 0 Å². The van der Waals surface area contributed by atoms with Gasteiger partial charge in [0.25, 0.3) is 0 Å². The Kier molecular flexibility index (Phi) is 5.79. The molecule has 2 aromatic carbocycles. The minimum Gasteiger partial charge on any atom is -0.493 e. The first-order chi connectivity index (χ1) is 12.0. The molecule has 128 valence electrons. The molecule has 0 radical (unpaired) electrons. The third-order valence-corrected chi connectivity index (χ3v) is 3.21. The van der Waals surface area contributed by atoms with Crippen LogP contribution < -0.4 is 9.47 Å². The van der Waals surface area contributed by atoms with Crippen molar-refractivity contribution in [3.8, 4) is 17.6 Å². The lowest BCUT2D eigenvalue weighted by atomic mass is 10.0. The van der Waals surface area contributed by atoms with E-state index in [1.807, 2.05) is 0 Å². The van der Waals surface area contributed by atoms with Gasteiger partial charge in [-0.25, -0.2) is 4.39 Å².